The first-order valence-corrected chi connectivity index (χ1v) is 12.3. The quantitative estimate of drug-likeness (QED) is 0.251. The smallest absolute Gasteiger partial charge is 0.145 e. The first-order valence-electron chi connectivity index (χ1n) is 12.3. The number of nitrogens with zero attached hydrogens (tertiary/aromatic N) is 2. The lowest BCUT2D eigenvalue weighted by molar-refractivity contribution is 0.317. The Hall–Kier alpha value is -3.52. The Labute approximate surface area is 206 Å². The maximum absolute atomic E-state index is 15.1. The maximum Gasteiger partial charge on any atom is 0.145 e. The van der Waals surface area contributed by atoms with Gasteiger partial charge >= 0.3 is 0 Å². The van der Waals surface area contributed by atoms with Gasteiger partial charge in [0.25, 0.3) is 0 Å². The van der Waals surface area contributed by atoms with Gasteiger partial charge in [0, 0.05) is 5.56 Å². The highest BCUT2D eigenvalue weighted by Gasteiger charge is 2.24. The number of azo groups is 1. The van der Waals surface area contributed by atoms with Gasteiger partial charge in [-0.3, -0.25) is 0 Å². The lowest BCUT2D eigenvalue weighted by Gasteiger charge is -2.25. The van der Waals surface area contributed by atoms with Crippen molar-refractivity contribution in [2.24, 2.45) is 16.1 Å². The average molecular weight is 473 g/mol. The van der Waals surface area contributed by atoms with E-state index in [0.29, 0.717) is 35.8 Å². The molecular weight excluding hydrogens is 442 g/mol. The van der Waals surface area contributed by atoms with Gasteiger partial charge < -0.3 is 4.74 Å². The van der Waals surface area contributed by atoms with E-state index in [9.17, 15) is 4.39 Å². The Morgan fingerprint density at radius 3 is 2.26 bits per heavy atom. The molecule has 1 atom stereocenters. The van der Waals surface area contributed by atoms with Gasteiger partial charge in [-0.05, 0) is 97.3 Å². The van der Waals surface area contributed by atoms with Crippen LogP contribution in [0.15, 0.2) is 64.8 Å². The van der Waals surface area contributed by atoms with Crippen molar-refractivity contribution < 1.29 is 13.5 Å². The Balaban J connectivity index is 1.44. The summed E-state index contributed by atoms with van der Waals surface area (Å²) >= 11 is 0. The third-order valence-electron chi connectivity index (χ3n) is 6.21. The van der Waals surface area contributed by atoms with Crippen LogP contribution in [-0.2, 0) is 12.8 Å². The molecule has 3 nitrogen and oxygen atoms in total. The Morgan fingerprint density at radius 2 is 1.60 bits per heavy atom. The molecule has 0 aliphatic heterocycles. The zero-order valence-electron chi connectivity index (χ0n) is 20.3. The second-order valence-corrected chi connectivity index (χ2v) is 8.92. The van der Waals surface area contributed by atoms with Crippen molar-refractivity contribution in [3.05, 3.63) is 88.5 Å². The fourth-order valence-electron chi connectivity index (χ4n) is 4.38. The van der Waals surface area contributed by atoms with Gasteiger partial charge in [0.2, 0.25) is 0 Å². The van der Waals surface area contributed by atoms with Crippen LogP contribution in [0.1, 0.15) is 61.8 Å². The van der Waals surface area contributed by atoms with Crippen molar-refractivity contribution in [3.8, 4) is 17.6 Å². The molecule has 35 heavy (non-hydrogen) atoms. The molecule has 0 saturated heterocycles. The minimum atomic E-state index is -0.581. The van der Waals surface area contributed by atoms with Crippen molar-refractivity contribution in [1.82, 2.24) is 0 Å². The number of hydrogen-bond acceptors (Lipinski definition) is 3. The fourth-order valence-corrected chi connectivity index (χ4v) is 4.38. The Morgan fingerprint density at radius 1 is 0.914 bits per heavy atom. The molecule has 0 bridgehead atoms. The zero-order valence-corrected chi connectivity index (χ0v) is 20.3. The Kier molecular flexibility index (Phi) is 8.26. The molecule has 3 aromatic carbocycles. The standard InChI is InChI=1S/C30H30F2N2O/c1-3-5-22-9-16-27-23(19-22)20-29(31)28(30(27)32)17-8-21-6-10-24(11-7-21)33-34-25-12-14-26(15-13-25)35-18-4-2/h6-7,10-15,20,22H,3-5,9,16,18-19H2,1-2H3. The molecule has 1 unspecified atom stereocenters. The molecule has 5 heteroatoms. The van der Waals surface area contributed by atoms with Gasteiger partial charge in [-0.1, -0.05) is 38.5 Å². The summed E-state index contributed by atoms with van der Waals surface area (Å²) in [5.74, 6) is 5.84. The second kappa shape index (κ2) is 11.8. The minimum Gasteiger partial charge on any atom is -0.494 e. The van der Waals surface area contributed by atoms with Crippen LogP contribution in [-0.4, -0.2) is 6.61 Å². The molecule has 180 valence electrons. The topological polar surface area (TPSA) is 34.0 Å². The number of benzene rings is 3. The van der Waals surface area contributed by atoms with Gasteiger partial charge in [-0.2, -0.15) is 10.2 Å². The van der Waals surface area contributed by atoms with E-state index in [1.54, 1.807) is 24.3 Å². The second-order valence-electron chi connectivity index (χ2n) is 8.92. The first kappa shape index (κ1) is 24.6. The molecule has 0 fully saturated rings. The van der Waals surface area contributed by atoms with Crippen molar-refractivity contribution in [1.29, 1.82) is 0 Å². The van der Waals surface area contributed by atoms with Gasteiger partial charge in [0.1, 0.15) is 17.4 Å². The maximum atomic E-state index is 15.1. The summed E-state index contributed by atoms with van der Waals surface area (Å²) in [6.45, 7) is 4.89. The van der Waals surface area contributed by atoms with Crippen LogP contribution in [0.2, 0.25) is 0 Å². The highest BCUT2D eigenvalue weighted by atomic mass is 19.1. The largest absolute Gasteiger partial charge is 0.494 e. The summed E-state index contributed by atoms with van der Waals surface area (Å²) in [5.41, 5.74) is 3.32. The summed E-state index contributed by atoms with van der Waals surface area (Å²) in [5, 5.41) is 8.48. The van der Waals surface area contributed by atoms with Crippen molar-refractivity contribution in [3.63, 3.8) is 0 Å². The minimum absolute atomic E-state index is 0.146. The van der Waals surface area contributed by atoms with Crippen LogP contribution in [0, 0.1) is 29.4 Å². The molecule has 0 radical (unpaired) electrons. The third-order valence-corrected chi connectivity index (χ3v) is 6.21. The van der Waals surface area contributed by atoms with Crippen molar-refractivity contribution >= 4 is 11.4 Å². The van der Waals surface area contributed by atoms with Crippen LogP contribution in [0.25, 0.3) is 0 Å². The molecule has 0 aromatic heterocycles. The number of halogens is 2. The van der Waals surface area contributed by atoms with Gasteiger partial charge in [-0.25, -0.2) is 8.78 Å². The van der Waals surface area contributed by atoms with Crippen LogP contribution >= 0.6 is 0 Å². The highest BCUT2D eigenvalue weighted by molar-refractivity contribution is 5.50. The number of hydrogen-bond donors (Lipinski definition) is 0. The van der Waals surface area contributed by atoms with Gasteiger partial charge in [0.15, 0.2) is 0 Å². The van der Waals surface area contributed by atoms with E-state index in [0.717, 1.165) is 49.1 Å². The molecule has 0 heterocycles. The van der Waals surface area contributed by atoms with Crippen LogP contribution in [0.5, 0.6) is 5.75 Å². The zero-order chi connectivity index (χ0) is 24.6. The van der Waals surface area contributed by atoms with Crippen LogP contribution in [0.4, 0.5) is 20.2 Å². The molecule has 0 N–H and O–H groups in total. The summed E-state index contributed by atoms with van der Waals surface area (Å²) < 4.78 is 35.3. The van der Waals surface area contributed by atoms with E-state index in [2.05, 4.69) is 35.9 Å². The van der Waals surface area contributed by atoms with Crippen LogP contribution in [0.3, 0.4) is 0 Å². The lowest BCUT2D eigenvalue weighted by Crippen LogP contribution is -2.17. The monoisotopic (exact) mass is 472 g/mol. The summed E-state index contributed by atoms with van der Waals surface area (Å²) in [6, 6.07) is 16.0. The molecule has 1 aliphatic carbocycles. The Bertz CT molecular complexity index is 1240. The van der Waals surface area contributed by atoms with Gasteiger partial charge in [0.05, 0.1) is 23.5 Å². The predicted molar refractivity (Wildman–Crippen MR) is 136 cm³/mol. The van der Waals surface area contributed by atoms with E-state index in [-0.39, 0.29) is 5.56 Å². The highest BCUT2D eigenvalue weighted by Crippen LogP contribution is 2.32. The SMILES string of the molecule is CCCOc1ccc(N=Nc2ccc(C#Cc3c(F)cc4c(c3F)CCC(CCC)C4)cc2)cc1. The van der Waals surface area contributed by atoms with E-state index < -0.39 is 11.6 Å². The molecule has 0 amide bonds. The van der Waals surface area contributed by atoms with E-state index in [1.807, 2.05) is 24.3 Å². The molecule has 0 saturated carbocycles. The van der Waals surface area contributed by atoms with E-state index in [1.165, 1.54) is 6.07 Å². The number of fused-ring (bicyclic) bond motifs is 1. The predicted octanol–water partition coefficient (Wildman–Crippen LogP) is 8.47. The molecule has 4 rings (SSSR count). The fraction of sp³-hybridized carbons (Fsp3) is 0.333. The van der Waals surface area contributed by atoms with E-state index >= 15 is 4.39 Å². The summed E-state index contributed by atoms with van der Waals surface area (Å²) in [6.07, 6.45) is 5.49. The lowest BCUT2D eigenvalue weighted by atomic mass is 9.81. The van der Waals surface area contributed by atoms with Crippen molar-refractivity contribution in [2.45, 2.75) is 52.4 Å². The molecule has 3 aromatic rings. The normalized spacial score (nSPS) is 14.9. The summed E-state index contributed by atoms with van der Waals surface area (Å²) in [4.78, 5) is 0. The van der Waals surface area contributed by atoms with Crippen LogP contribution < -0.4 is 4.74 Å². The molecular formula is C30H30F2N2O. The van der Waals surface area contributed by atoms with Crippen molar-refractivity contribution in [2.75, 3.05) is 6.61 Å². The van der Waals surface area contributed by atoms with Gasteiger partial charge in [-0.15, -0.1) is 0 Å². The number of ether oxygens (including phenoxy) is 1. The number of rotatable bonds is 7. The first-order chi connectivity index (χ1) is 17.1. The van der Waals surface area contributed by atoms with E-state index in [4.69, 9.17) is 4.74 Å². The third kappa shape index (κ3) is 6.33. The molecule has 0 spiro atoms. The molecule has 1 aliphatic rings. The average Bonchev–Trinajstić information content (AvgIpc) is 2.87. The summed E-state index contributed by atoms with van der Waals surface area (Å²) in [7, 11) is 0.